The fourth-order valence-electron chi connectivity index (χ4n) is 2.30. The van der Waals surface area contributed by atoms with Gasteiger partial charge >= 0.3 is 0 Å². The first-order valence-corrected chi connectivity index (χ1v) is 6.30. The molecule has 0 amide bonds. The van der Waals surface area contributed by atoms with E-state index in [9.17, 15) is 0 Å². The van der Waals surface area contributed by atoms with Crippen LogP contribution in [-0.2, 0) is 0 Å². The average molecular weight is 247 g/mol. The Morgan fingerprint density at radius 2 is 1.94 bits per heavy atom. The molecule has 1 fully saturated rings. The van der Waals surface area contributed by atoms with E-state index in [0.29, 0.717) is 6.01 Å². The highest BCUT2D eigenvalue weighted by Crippen LogP contribution is 2.22. The fourth-order valence-corrected chi connectivity index (χ4v) is 2.30. The number of aliphatic hydroxyl groups excluding tert-OH is 1. The molecule has 1 aromatic carbocycles. The van der Waals surface area contributed by atoms with Crippen LogP contribution in [0, 0.1) is 0 Å². The second-order valence-corrected chi connectivity index (χ2v) is 4.52. The highest BCUT2D eigenvalue weighted by atomic mass is 16.4. The monoisotopic (exact) mass is 247 g/mol. The van der Waals surface area contributed by atoms with Gasteiger partial charge < -0.3 is 14.4 Å². The first kappa shape index (κ1) is 11.5. The van der Waals surface area contributed by atoms with Crippen molar-refractivity contribution in [2.75, 3.05) is 44.2 Å². The number of hydrogen-bond donors (Lipinski definition) is 1. The third kappa shape index (κ3) is 2.19. The van der Waals surface area contributed by atoms with Gasteiger partial charge in [0.1, 0.15) is 5.52 Å². The molecular formula is C13H17N3O2. The van der Waals surface area contributed by atoms with E-state index < -0.39 is 0 Å². The molecular weight excluding hydrogens is 230 g/mol. The summed E-state index contributed by atoms with van der Waals surface area (Å²) in [5.41, 5.74) is 1.75. The van der Waals surface area contributed by atoms with E-state index in [4.69, 9.17) is 9.52 Å². The van der Waals surface area contributed by atoms with Gasteiger partial charge in [0.2, 0.25) is 0 Å². The van der Waals surface area contributed by atoms with Crippen LogP contribution < -0.4 is 4.90 Å². The van der Waals surface area contributed by atoms with Crippen molar-refractivity contribution in [3.8, 4) is 0 Å². The van der Waals surface area contributed by atoms with Gasteiger partial charge in [0.15, 0.2) is 5.58 Å². The van der Waals surface area contributed by atoms with Crippen LogP contribution in [0.4, 0.5) is 6.01 Å². The van der Waals surface area contributed by atoms with Gasteiger partial charge in [-0.15, -0.1) is 0 Å². The van der Waals surface area contributed by atoms with Gasteiger partial charge in [0, 0.05) is 32.7 Å². The molecule has 0 unspecified atom stereocenters. The normalized spacial score (nSPS) is 17.5. The lowest BCUT2D eigenvalue weighted by atomic mass is 10.3. The van der Waals surface area contributed by atoms with E-state index in [1.165, 1.54) is 0 Å². The molecule has 5 nitrogen and oxygen atoms in total. The van der Waals surface area contributed by atoms with Gasteiger partial charge in [-0.3, -0.25) is 4.90 Å². The molecule has 1 aliphatic heterocycles. The number of aromatic nitrogens is 1. The second-order valence-electron chi connectivity index (χ2n) is 4.52. The van der Waals surface area contributed by atoms with Crippen LogP contribution in [0.3, 0.4) is 0 Å². The summed E-state index contributed by atoms with van der Waals surface area (Å²) in [4.78, 5) is 8.91. The quantitative estimate of drug-likeness (QED) is 0.875. The molecule has 1 aliphatic rings. The molecule has 1 N–H and O–H groups in total. The smallest absolute Gasteiger partial charge is 0.298 e. The number of fused-ring (bicyclic) bond motifs is 1. The third-order valence-corrected chi connectivity index (χ3v) is 3.34. The highest BCUT2D eigenvalue weighted by molar-refractivity contribution is 5.74. The van der Waals surface area contributed by atoms with Crippen molar-refractivity contribution in [2.45, 2.75) is 0 Å². The lowest BCUT2D eigenvalue weighted by molar-refractivity contribution is 0.187. The molecule has 1 aromatic heterocycles. The molecule has 0 radical (unpaired) electrons. The summed E-state index contributed by atoms with van der Waals surface area (Å²) in [6.07, 6.45) is 0. The average Bonchev–Trinajstić information content (AvgIpc) is 2.84. The zero-order valence-electron chi connectivity index (χ0n) is 10.2. The first-order valence-electron chi connectivity index (χ1n) is 6.30. The highest BCUT2D eigenvalue weighted by Gasteiger charge is 2.20. The number of rotatable bonds is 3. The van der Waals surface area contributed by atoms with Crippen molar-refractivity contribution in [1.29, 1.82) is 0 Å². The van der Waals surface area contributed by atoms with E-state index >= 15 is 0 Å². The van der Waals surface area contributed by atoms with E-state index in [1.807, 2.05) is 24.3 Å². The number of para-hydroxylation sites is 2. The number of anilines is 1. The van der Waals surface area contributed by atoms with E-state index in [0.717, 1.165) is 43.8 Å². The molecule has 0 bridgehead atoms. The molecule has 0 atom stereocenters. The van der Waals surface area contributed by atoms with Gasteiger partial charge in [-0.2, -0.15) is 4.98 Å². The van der Waals surface area contributed by atoms with Gasteiger partial charge in [0.05, 0.1) is 6.61 Å². The largest absolute Gasteiger partial charge is 0.423 e. The Hall–Kier alpha value is -1.59. The zero-order chi connectivity index (χ0) is 12.4. The zero-order valence-corrected chi connectivity index (χ0v) is 10.2. The number of nitrogens with zero attached hydrogens (tertiary/aromatic N) is 3. The van der Waals surface area contributed by atoms with Crippen LogP contribution in [0.2, 0.25) is 0 Å². The molecule has 1 saturated heterocycles. The second kappa shape index (κ2) is 4.96. The molecule has 2 heterocycles. The van der Waals surface area contributed by atoms with Gasteiger partial charge in [-0.05, 0) is 12.1 Å². The van der Waals surface area contributed by atoms with E-state index in [1.54, 1.807) is 0 Å². The Labute approximate surface area is 106 Å². The van der Waals surface area contributed by atoms with Crippen LogP contribution in [0.5, 0.6) is 0 Å². The summed E-state index contributed by atoms with van der Waals surface area (Å²) >= 11 is 0. The molecule has 0 spiro atoms. The maximum absolute atomic E-state index is 8.91. The molecule has 2 aromatic rings. The molecule has 0 aliphatic carbocycles. The Bertz CT molecular complexity index is 485. The van der Waals surface area contributed by atoms with Gasteiger partial charge in [-0.1, -0.05) is 12.1 Å². The van der Waals surface area contributed by atoms with Crippen molar-refractivity contribution in [1.82, 2.24) is 9.88 Å². The van der Waals surface area contributed by atoms with Crippen LogP contribution in [-0.4, -0.2) is 54.3 Å². The summed E-state index contributed by atoms with van der Waals surface area (Å²) in [6.45, 7) is 4.66. The predicted octanol–water partition coefficient (Wildman–Crippen LogP) is 0.942. The van der Waals surface area contributed by atoms with E-state index in [-0.39, 0.29) is 6.61 Å². The van der Waals surface area contributed by atoms with Crippen molar-refractivity contribution in [3.63, 3.8) is 0 Å². The SMILES string of the molecule is OCCN1CCN(c2nc3ccccc3o2)CC1. The van der Waals surface area contributed by atoms with Crippen molar-refractivity contribution >= 4 is 17.1 Å². The summed E-state index contributed by atoms with van der Waals surface area (Å²) in [5.74, 6) is 0. The fraction of sp³-hybridized carbons (Fsp3) is 0.462. The van der Waals surface area contributed by atoms with Gasteiger partial charge in [-0.25, -0.2) is 0 Å². The first-order chi connectivity index (χ1) is 8.86. The lowest BCUT2D eigenvalue weighted by Crippen LogP contribution is -2.47. The lowest BCUT2D eigenvalue weighted by Gasteiger charge is -2.33. The Balaban J connectivity index is 1.72. The van der Waals surface area contributed by atoms with Crippen molar-refractivity contribution in [2.24, 2.45) is 0 Å². The van der Waals surface area contributed by atoms with E-state index in [2.05, 4.69) is 14.8 Å². The standard InChI is InChI=1S/C13H17N3O2/c17-10-9-15-5-7-16(8-6-15)13-14-11-3-1-2-4-12(11)18-13/h1-4,17H,5-10H2. The molecule has 96 valence electrons. The number of benzene rings is 1. The summed E-state index contributed by atoms with van der Waals surface area (Å²) < 4.78 is 5.75. The maximum Gasteiger partial charge on any atom is 0.298 e. The third-order valence-electron chi connectivity index (χ3n) is 3.34. The molecule has 18 heavy (non-hydrogen) atoms. The molecule has 3 rings (SSSR count). The summed E-state index contributed by atoms with van der Waals surface area (Å²) in [5, 5.41) is 8.91. The Morgan fingerprint density at radius 3 is 2.67 bits per heavy atom. The number of piperazine rings is 1. The van der Waals surface area contributed by atoms with Crippen molar-refractivity contribution < 1.29 is 9.52 Å². The topological polar surface area (TPSA) is 52.7 Å². The van der Waals surface area contributed by atoms with Crippen LogP contribution in [0.25, 0.3) is 11.1 Å². The maximum atomic E-state index is 8.91. The Kier molecular flexibility index (Phi) is 3.17. The Morgan fingerprint density at radius 1 is 1.17 bits per heavy atom. The van der Waals surface area contributed by atoms with Gasteiger partial charge in [0.25, 0.3) is 6.01 Å². The minimum absolute atomic E-state index is 0.225. The minimum Gasteiger partial charge on any atom is -0.423 e. The number of aliphatic hydroxyl groups is 1. The van der Waals surface area contributed by atoms with Crippen LogP contribution in [0.15, 0.2) is 28.7 Å². The summed E-state index contributed by atoms with van der Waals surface area (Å²) in [7, 11) is 0. The number of β-amino-alcohol motifs (C(OH)–C–C–N with tert-alkyl or cyclic N) is 1. The van der Waals surface area contributed by atoms with Crippen LogP contribution >= 0.6 is 0 Å². The molecule has 0 saturated carbocycles. The minimum atomic E-state index is 0.225. The number of oxazole rings is 1. The van der Waals surface area contributed by atoms with Crippen LogP contribution in [0.1, 0.15) is 0 Å². The summed E-state index contributed by atoms with van der Waals surface area (Å²) in [6, 6.07) is 8.53. The predicted molar refractivity (Wildman–Crippen MR) is 69.7 cm³/mol. The molecule has 5 heteroatoms. The number of hydrogen-bond acceptors (Lipinski definition) is 5. The van der Waals surface area contributed by atoms with Crippen molar-refractivity contribution in [3.05, 3.63) is 24.3 Å².